The van der Waals surface area contributed by atoms with Gasteiger partial charge in [0, 0.05) is 34.1 Å². The van der Waals surface area contributed by atoms with E-state index >= 15 is 0 Å². The van der Waals surface area contributed by atoms with Crippen molar-refractivity contribution in [1.29, 1.82) is 0 Å². The number of nitrogen functional groups attached to an aromatic ring is 1. The number of hydrogen-bond acceptors (Lipinski definition) is 7. The van der Waals surface area contributed by atoms with Gasteiger partial charge in [-0.3, -0.25) is 4.79 Å². The summed E-state index contributed by atoms with van der Waals surface area (Å²) in [5, 5.41) is 0.562. The molecule has 1 aromatic heterocycles. The molecule has 0 atom stereocenters. The Labute approximate surface area is 166 Å². The number of sulfonamides is 1. The number of hydrogen-bond donors (Lipinski definition) is 2. The number of nitrogens with two attached hydrogens (primary N) is 1. The van der Waals surface area contributed by atoms with E-state index in [-0.39, 0.29) is 11.5 Å². The summed E-state index contributed by atoms with van der Waals surface area (Å²) < 4.78 is 30.5. The smallest absolute Gasteiger partial charge is 0.264 e. The van der Waals surface area contributed by atoms with E-state index in [1.54, 1.807) is 30.3 Å². The van der Waals surface area contributed by atoms with Crippen molar-refractivity contribution in [2.45, 2.75) is 0 Å². The van der Waals surface area contributed by atoms with Crippen LogP contribution in [-0.2, 0) is 10.0 Å². The molecule has 3 rings (SSSR count). The van der Waals surface area contributed by atoms with Gasteiger partial charge in [0.15, 0.2) is 0 Å². The lowest BCUT2D eigenvalue weighted by molar-refractivity contribution is 0.0981. The van der Waals surface area contributed by atoms with Crippen LogP contribution in [0.5, 0.6) is 11.5 Å². The SMILES string of the molecule is CS(=O)(=O)NC(=O)c1ccc(Oc2ccc(Cl)cc2)c(-c2cnc(N)nc2)c1. The molecular weight excluding hydrogens is 404 g/mol. The van der Waals surface area contributed by atoms with E-state index in [1.807, 2.05) is 4.72 Å². The molecule has 0 aliphatic carbocycles. The number of benzene rings is 2. The molecule has 0 saturated heterocycles. The molecule has 0 unspecified atom stereocenters. The highest BCUT2D eigenvalue weighted by molar-refractivity contribution is 7.89. The molecule has 0 saturated carbocycles. The summed E-state index contributed by atoms with van der Waals surface area (Å²) >= 11 is 5.89. The summed E-state index contributed by atoms with van der Waals surface area (Å²) in [6.45, 7) is 0. The first-order chi connectivity index (χ1) is 13.2. The van der Waals surface area contributed by atoms with Gasteiger partial charge >= 0.3 is 0 Å². The van der Waals surface area contributed by atoms with Crippen molar-refractivity contribution in [3.05, 3.63) is 65.4 Å². The minimum Gasteiger partial charge on any atom is -0.457 e. The van der Waals surface area contributed by atoms with Gasteiger partial charge in [-0.1, -0.05) is 11.6 Å². The second-order valence-electron chi connectivity index (χ2n) is 5.80. The van der Waals surface area contributed by atoms with Crippen LogP contribution in [0.4, 0.5) is 5.95 Å². The highest BCUT2D eigenvalue weighted by Gasteiger charge is 2.16. The summed E-state index contributed by atoms with van der Waals surface area (Å²) in [6, 6.07) is 11.2. The van der Waals surface area contributed by atoms with Crippen LogP contribution in [0.2, 0.25) is 5.02 Å². The van der Waals surface area contributed by atoms with E-state index in [9.17, 15) is 13.2 Å². The Balaban J connectivity index is 2.04. The summed E-state index contributed by atoms with van der Waals surface area (Å²) in [5.41, 5.74) is 6.67. The number of ether oxygens (including phenoxy) is 1. The number of carbonyl (C=O) groups is 1. The molecule has 1 heterocycles. The molecule has 8 nitrogen and oxygen atoms in total. The Hall–Kier alpha value is -3.17. The van der Waals surface area contributed by atoms with Crippen LogP contribution >= 0.6 is 11.6 Å². The lowest BCUT2D eigenvalue weighted by atomic mass is 10.0. The highest BCUT2D eigenvalue weighted by atomic mass is 35.5. The monoisotopic (exact) mass is 418 g/mol. The van der Waals surface area contributed by atoms with Crippen molar-refractivity contribution < 1.29 is 17.9 Å². The van der Waals surface area contributed by atoms with Gasteiger partial charge in [0.1, 0.15) is 11.5 Å². The van der Waals surface area contributed by atoms with Gasteiger partial charge in [-0.15, -0.1) is 0 Å². The average Bonchev–Trinajstić information content (AvgIpc) is 2.63. The van der Waals surface area contributed by atoms with Gasteiger partial charge in [0.25, 0.3) is 5.91 Å². The molecule has 10 heteroatoms. The fourth-order valence-corrected chi connectivity index (χ4v) is 2.90. The molecule has 0 radical (unpaired) electrons. The quantitative estimate of drug-likeness (QED) is 0.652. The maximum absolute atomic E-state index is 12.2. The Morgan fingerprint density at radius 1 is 1.11 bits per heavy atom. The largest absolute Gasteiger partial charge is 0.457 e. The average molecular weight is 419 g/mol. The Morgan fingerprint density at radius 3 is 2.36 bits per heavy atom. The molecule has 2 aromatic carbocycles. The van der Waals surface area contributed by atoms with E-state index < -0.39 is 15.9 Å². The first-order valence-corrected chi connectivity index (χ1v) is 10.2. The molecular formula is C18H15ClN4O4S. The van der Waals surface area contributed by atoms with Crippen molar-refractivity contribution >= 4 is 33.5 Å². The summed E-state index contributed by atoms with van der Waals surface area (Å²) in [6.07, 6.45) is 3.85. The van der Waals surface area contributed by atoms with Crippen LogP contribution in [0.3, 0.4) is 0 Å². The molecule has 3 aromatic rings. The minimum atomic E-state index is -3.70. The molecule has 0 aliphatic heterocycles. The van der Waals surface area contributed by atoms with Crippen LogP contribution in [0.15, 0.2) is 54.9 Å². The molecule has 28 heavy (non-hydrogen) atoms. The molecule has 0 fully saturated rings. The van der Waals surface area contributed by atoms with Crippen molar-refractivity contribution in [2.24, 2.45) is 0 Å². The van der Waals surface area contributed by atoms with E-state index in [2.05, 4.69) is 9.97 Å². The summed E-state index contributed by atoms with van der Waals surface area (Å²) in [4.78, 5) is 20.1. The number of nitrogens with zero attached hydrogens (tertiary/aromatic N) is 2. The van der Waals surface area contributed by atoms with Gasteiger partial charge in [0.2, 0.25) is 16.0 Å². The van der Waals surface area contributed by atoms with Crippen LogP contribution < -0.4 is 15.2 Å². The number of carbonyl (C=O) groups excluding carboxylic acids is 1. The standard InChI is InChI=1S/C18H15ClN4O4S/c1-28(25,26)23-17(24)11-2-7-16(27-14-5-3-13(19)4-6-14)15(8-11)12-9-21-18(20)22-10-12/h2-10H,1H3,(H,23,24)(H2,20,21,22). The van der Waals surface area contributed by atoms with E-state index in [4.69, 9.17) is 22.1 Å². The first-order valence-electron chi connectivity index (χ1n) is 7.89. The predicted molar refractivity (Wildman–Crippen MR) is 106 cm³/mol. The molecule has 3 N–H and O–H groups in total. The second-order valence-corrected chi connectivity index (χ2v) is 7.99. The Bertz CT molecular complexity index is 1120. The van der Waals surface area contributed by atoms with Crippen LogP contribution in [0.25, 0.3) is 11.1 Å². The number of aromatic nitrogens is 2. The van der Waals surface area contributed by atoms with Crippen molar-refractivity contribution in [3.63, 3.8) is 0 Å². The molecule has 144 valence electrons. The fraction of sp³-hybridized carbons (Fsp3) is 0.0556. The van der Waals surface area contributed by atoms with Gasteiger partial charge in [0.05, 0.1) is 6.26 Å². The Kier molecular flexibility index (Phi) is 5.48. The van der Waals surface area contributed by atoms with Crippen LogP contribution in [-0.4, -0.2) is 30.5 Å². The third-order valence-electron chi connectivity index (χ3n) is 3.54. The Morgan fingerprint density at radius 2 is 1.75 bits per heavy atom. The minimum absolute atomic E-state index is 0.0925. The highest BCUT2D eigenvalue weighted by Crippen LogP contribution is 2.34. The van der Waals surface area contributed by atoms with Gasteiger partial charge < -0.3 is 10.5 Å². The van der Waals surface area contributed by atoms with Crippen LogP contribution in [0, 0.1) is 0 Å². The zero-order chi connectivity index (χ0) is 20.3. The van der Waals surface area contributed by atoms with Gasteiger partial charge in [-0.05, 0) is 42.5 Å². The number of nitrogens with one attached hydrogen (secondary N) is 1. The van der Waals surface area contributed by atoms with Gasteiger partial charge in [-0.25, -0.2) is 23.1 Å². The number of anilines is 1. The van der Waals surface area contributed by atoms with E-state index in [0.717, 1.165) is 6.26 Å². The number of rotatable bonds is 5. The number of halogens is 1. The topological polar surface area (TPSA) is 124 Å². The summed E-state index contributed by atoms with van der Waals surface area (Å²) in [5.74, 6) is 0.259. The number of amides is 1. The molecule has 0 spiro atoms. The third-order valence-corrected chi connectivity index (χ3v) is 4.35. The normalized spacial score (nSPS) is 11.1. The second kappa shape index (κ2) is 7.83. The van der Waals surface area contributed by atoms with Crippen molar-refractivity contribution in [3.8, 4) is 22.6 Å². The maximum atomic E-state index is 12.2. The lowest BCUT2D eigenvalue weighted by Crippen LogP contribution is -2.29. The molecule has 1 amide bonds. The maximum Gasteiger partial charge on any atom is 0.264 e. The van der Waals surface area contributed by atoms with Crippen molar-refractivity contribution in [1.82, 2.24) is 14.7 Å². The molecule has 0 bridgehead atoms. The zero-order valence-corrected chi connectivity index (χ0v) is 16.2. The molecule has 0 aliphatic rings. The zero-order valence-electron chi connectivity index (χ0n) is 14.6. The first kappa shape index (κ1) is 19.6. The van der Waals surface area contributed by atoms with Crippen LogP contribution in [0.1, 0.15) is 10.4 Å². The van der Waals surface area contributed by atoms with E-state index in [1.165, 1.54) is 24.5 Å². The lowest BCUT2D eigenvalue weighted by Gasteiger charge is -2.13. The fourth-order valence-electron chi connectivity index (χ4n) is 2.32. The van der Waals surface area contributed by atoms with Crippen molar-refractivity contribution in [2.75, 3.05) is 12.0 Å². The van der Waals surface area contributed by atoms with Gasteiger partial charge in [-0.2, -0.15) is 0 Å². The predicted octanol–water partition coefficient (Wildman–Crippen LogP) is 2.86. The van der Waals surface area contributed by atoms with E-state index in [0.29, 0.717) is 27.6 Å². The summed E-state index contributed by atoms with van der Waals surface area (Å²) in [7, 11) is -3.70. The third kappa shape index (κ3) is 4.96.